The average Bonchev–Trinajstić information content (AvgIpc) is 3.38. The average molecular weight is 664 g/mol. The van der Waals surface area contributed by atoms with E-state index >= 15 is 0 Å². The second kappa shape index (κ2) is 21.4. The van der Waals surface area contributed by atoms with Gasteiger partial charge >= 0.3 is 0 Å². The predicted molar refractivity (Wildman–Crippen MR) is 182 cm³/mol. The van der Waals surface area contributed by atoms with Crippen LogP contribution in [-0.4, -0.2) is 37.0 Å². The molecule has 6 nitrogen and oxygen atoms in total. The lowest BCUT2D eigenvalue weighted by atomic mass is 10.1. The van der Waals surface area contributed by atoms with Crippen molar-refractivity contribution in [1.29, 1.82) is 0 Å². The molecule has 0 aromatic heterocycles. The highest BCUT2D eigenvalue weighted by atomic mass is 79.9. The molecule has 0 aliphatic carbocycles. The number of carbonyl (C=O) groups is 1. The Kier molecular flexibility index (Phi) is 18.3. The Morgan fingerprint density at radius 1 is 0.881 bits per heavy atom. The number of unbranched alkanes of at least 4 members (excludes halogenated alkanes) is 11. The van der Waals surface area contributed by atoms with Crippen molar-refractivity contribution < 1.29 is 19.0 Å². The highest BCUT2D eigenvalue weighted by Crippen LogP contribution is 2.32. The molecule has 0 saturated heterocycles. The number of nitrogens with zero attached hydrogens (tertiary/aromatic N) is 1. The first-order valence-electron chi connectivity index (χ1n) is 15.4. The molecule has 3 rings (SSSR count). The fourth-order valence-corrected chi connectivity index (χ4v) is 5.68. The Hall–Kier alpha value is -2.32. The summed E-state index contributed by atoms with van der Waals surface area (Å²) < 4.78 is 17.3. The minimum Gasteiger partial charge on any atom is -0.493 e. The molecule has 1 amide bonds. The number of anilines is 1. The fraction of sp³-hybridized carbons (Fsp3) is 0.559. The largest absolute Gasteiger partial charge is 0.493 e. The first-order chi connectivity index (χ1) is 20.1. The minimum absolute atomic E-state index is 0. The van der Waals surface area contributed by atoms with Crippen LogP contribution in [0.4, 0.5) is 5.69 Å². The van der Waals surface area contributed by atoms with E-state index in [-0.39, 0.29) is 29.5 Å². The number of amides is 1. The number of carbonyl (C=O) groups excluding carboxylic acids is 1. The second-order valence-electron chi connectivity index (χ2n) is 10.8. The zero-order valence-corrected chi connectivity index (χ0v) is 28.4. The van der Waals surface area contributed by atoms with E-state index in [1.807, 2.05) is 36.0 Å². The van der Waals surface area contributed by atoms with E-state index in [2.05, 4.69) is 36.3 Å². The van der Waals surface area contributed by atoms with Crippen LogP contribution in [0.25, 0.3) is 0 Å². The fourth-order valence-electron chi connectivity index (χ4n) is 4.92. The van der Waals surface area contributed by atoms with Crippen LogP contribution in [0.1, 0.15) is 96.5 Å². The summed E-state index contributed by atoms with van der Waals surface area (Å²) in [6, 6.07) is 13.4. The van der Waals surface area contributed by atoms with Crippen molar-refractivity contribution in [1.82, 2.24) is 4.90 Å². The van der Waals surface area contributed by atoms with Gasteiger partial charge in [-0.3, -0.25) is 4.79 Å². The number of allylic oxidation sites excluding steroid dienone is 1. The first-order valence-corrected chi connectivity index (χ1v) is 16.4. The molecule has 0 saturated carbocycles. The molecule has 1 aliphatic heterocycles. The molecular formula is C34H51BrN2O4S. The Morgan fingerprint density at radius 2 is 1.57 bits per heavy atom. The molecule has 0 unspecified atom stereocenters. The summed E-state index contributed by atoms with van der Waals surface area (Å²) in [5.41, 5.74) is 1.92. The molecule has 0 fully saturated rings. The smallest absolute Gasteiger partial charge is 0.262 e. The standard InChI is InChI=1S/C34H50N2O4S.BrH/c1-4-5-6-7-8-9-10-11-12-13-14-15-21-39-33-23-31(19-20-32(33)38-3)40-26-34(37)35-30-18-16-17-29(22-30)25-36-24-28(2)41-27-36;/h16-20,22-24H,4-15,21,25-27H2,1-3H3,(H,35,37);1H. The summed E-state index contributed by atoms with van der Waals surface area (Å²) >= 11 is 1.84. The zero-order chi connectivity index (χ0) is 29.1. The van der Waals surface area contributed by atoms with E-state index in [1.54, 1.807) is 19.2 Å². The lowest BCUT2D eigenvalue weighted by molar-refractivity contribution is -0.118. The van der Waals surface area contributed by atoms with Crippen molar-refractivity contribution in [2.24, 2.45) is 0 Å². The van der Waals surface area contributed by atoms with Gasteiger partial charge in [-0.1, -0.05) is 89.7 Å². The van der Waals surface area contributed by atoms with Gasteiger partial charge in [0.15, 0.2) is 18.1 Å². The number of hydrogen-bond acceptors (Lipinski definition) is 6. The van der Waals surface area contributed by atoms with Crippen LogP contribution < -0.4 is 19.5 Å². The number of thioether (sulfide) groups is 1. The summed E-state index contributed by atoms with van der Waals surface area (Å²) in [5, 5.41) is 2.94. The highest BCUT2D eigenvalue weighted by molar-refractivity contribution is 8.93. The predicted octanol–water partition coefficient (Wildman–Crippen LogP) is 9.74. The molecule has 0 atom stereocenters. The van der Waals surface area contributed by atoms with Crippen LogP contribution in [0.2, 0.25) is 0 Å². The molecule has 234 valence electrons. The van der Waals surface area contributed by atoms with Gasteiger partial charge < -0.3 is 24.4 Å². The molecule has 0 spiro atoms. The number of nitrogens with one attached hydrogen (secondary N) is 1. The van der Waals surface area contributed by atoms with Crippen LogP contribution in [0.3, 0.4) is 0 Å². The topological polar surface area (TPSA) is 60.0 Å². The maximum Gasteiger partial charge on any atom is 0.262 e. The van der Waals surface area contributed by atoms with E-state index in [1.165, 1.54) is 75.5 Å². The molecule has 8 heteroatoms. The van der Waals surface area contributed by atoms with E-state index in [0.29, 0.717) is 23.9 Å². The number of methoxy groups -OCH3 is 1. The van der Waals surface area contributed by atoms with Gasteiger partial charge in [-0.25, -0.2) is 0 Å². The van der Waals surface area contributed by atoms with E-state index < -0.39 is 0 Å². The van der Waals surface area contributed by atoms with Crippen molar-refractivity contribution in [3.63, 3.8) is 0 Å². The van der Waals surface area contributed by atoms with Gasteiger partial charge in [0, 0.05) is 24.5 Å². The van der Waals surface area contributed by atoms with Gasteiger partial charge in [0.1, 0.15) is 5.75 Å². The van der Waals surface area contributed by atoms with Gasteiger partial charge in [-0.2, -0.15) is 0 Å². The van der Waals surface area contributed by atoms with Crippen molar-refractivity contribution in [2.45, 2.75) is 97.4 Å². The Morgan fingerprint density at radius 3 is 2.21 bits per heavy atom. The van der Waals surface area contributed by atoms with Gasteiger partial charge in [0.2, 0.25) is 0 Å². The highest BCUT2D eigenvalue weighted by Gasteiger charge is 2.12. The molecule has 0 radical (unpaired) electrons. The van der Waals surface area contributed by atoms with Crippen molar-refractivity contribution in [3.05, 3.63) is 59.1 Å². The first kappa shape index (κ1) is 35.9. The summed E-state index contributed by atoms with van der Waals surface area (Å²) in [6.07, 6.45) is 17.9. The molecule has 1 aliphatic rings. The third-order valence-electron chi connectivity index (χ3n) is 7.18. The Balaban J connectivity index is 0.00000616. The SMILES string of the molecule is Br.CCCCCCCCCCCCCCOc1cc(OCC(=O)Nc2cccc(CN3C=C(C)SC3)c2)ccc1OC. The molecular weight excluding hydrogens is 612 g/mol. The lowest BCUT2D eigenvalue weighted by Gasteiger charge is -2.15. The Bertz CT molecular complexity index is 1080. The monoisotopic (exact) mass is 662 g/mol. The van der Waals surface area contributed by atoms with Crippen LogP contribution in [0, 0.1) is 0 Å². The maximum absolute atomic E-state index is 12.6. The third kappa shape index (κ3) is 14.2. The molecule has 1 N–H and O–H groups in total. The van der Waals surface area contributed by atoms with E-state index in [0.717, 1.165) is 30.1 Å². The molecule has 2 aromatic carbocycles. The van der Waals surface area contributed by atoms with Crippen molar-refractivity contribution in [2.75, 3.05) is 31.5 Å². The number of halogens is 1. The summed E-state index contributed by atoms with van der Waals surface area (Å²) in [7, 11) is 1.63. The van der Waals surface area contributed by atoms with E-state index in [4.69, 9.17) is 14.2 Å². The molecule has 42 heavy (non-hydrogen) atoms. The molecule has 1 heterocycles. The molecule has 2 aromatic rings. The lowest BCUT2D eigenvalue weighted by Crippen LogP contribution is -2.20. The van der Waals surface area contributed by atoms with E-state index in [9.17, 15) is 4.79 Å². The van der Waals surface area contributed by atoms with Gasteiger partial charge in [0.05, 0.1) is 19.6 Å². The third-order valence-corrected chi connectivity index (χ3v) is 8.20. The van der Waals surface area contributed by atoms with Crippen LogP contribution >= 0.6 is 28.7 Å². The van der Waals surface area contributed by atoms with Crippen LogP contribution in [0.15, 0.2) is 53.6 Å². The Labute approximate surface area is 268 Å². The minimum atomic E-state index is -0.204. The number of hydrogen-bond donors (Lipinski definition) is 1. The number of benzene rings is 2. The maximum atomic E-state index is 12.6. The quantitative estimate of drug-likeness (QED) is 0.134. The van der Waals surface area contributed by atoms with Gasteiger partial charge in [-0.15, -0.1) is 28.7 Å². The second-order valence-corrected chi connectivity index (χ2v) is 12.0. The number of rotatable bonds is 21. The van der Waals surface area contributed by atoms with Gasteiger partial charge in [-0.05, 0) is 48.1 Å². The normalized spacial score (nSPS) is 12.5. The van der Waals surface area contributed by atoms with Crippen molar-refractivity contribution in [3.8, 4) is 17.2 Å². The van der Waals surface area contributed by atoms with Crippen LogP contribution in [-0.2, 0) is 11.3 Å². The van der Waals surface area contributed by atoms with Crippen LogP contribution in [0.5, 0.6) is 17.2 Å². The number of ether oxygens (including phenoxy) is 3. The van der Waals surface area contributed by atoms with Gasteiger partial charge in [0.25, 0.3) is 5.91 Å². The summed E-state index contributed by atoms with van der Waals surface area (Å²) in [5.74, 6) is 2.64. The molecule has 0 bridgehead atoms. The van der Waals surface area contributed by atoms with Crippen molar-refractivity contribution >= 4 is 40.3 Å². The zero-order valence-electron chi connectivity index (χ0n) is 25.8. The summed E-state index contributed by atoms with van der Waals surface area (Å²) in [4.78, 5) is 16.2. The summed E-state index contributed by atoms with van der Waals surface area (Å²) in [6.45, 7) is 5.77.